The van der Waals surface area contributed by atoms with Gasteiger partial charge in [-0.3, -0.25) is 9.59 Å². The summed E-state index contributed by atoms with van der Waals surface area (Å²) in [7, 11) is 0. The highest BCUT2D eigenvalue weighted by atomic mass is 79.9. The molecule has 0 aliphatic heterocycles. The maximum atomic E-state index is 10.8. The van der Waals surface area contributed by atoms with E-state index >= 15 is 0 Å². The molecule has 1 amide bonds. The third-order valence-corrected chi connectivity index (χ3v) is 2.36. The Morgan fingerprint density at radius 2 is 2.13 bits per heavy atom. The summed E-state index contributed by atoms with van der Waals surface area (Å²) in [6.45, 7) is 1.41. The number of hydrogen-bond acceptors (Lipinski definition) is 2. The van der Waals surface area contributed by atoms with Crippen molar-refractivity contribution < 1.29 is 14.7 Å². The molecular weight excluding hydrogens is 262 g/mol. The van der Waals surface area contributed by atoms with Gasteiger partial charge in [0.15, 0.2) is 0 Å². The van der Waals surface area contributed by atoms with E-state index in [4.69, 9.17) is 5.11 Å². The molecule has 0 aliphatic rings. The molecule has 2 N–H and O–H groups in total. The smallest absolute Gasteiger partial charge is 0.307 e. The van der Waals surface area contributed by atoms with Crippen LogP contribution in [0.25, 0.3) is 0 Å². The van der Waals surface area contributed by atoms with E-state index < -0.39 is 5.97 Å². The minimum Gasteiger partial charge on any atom is -0.481 e. The van der Waals surface area contributed by atoms with Crippen molar-refractivity contribution in [3.63, 3.8) is 0 Å². The molecule has 0 aliphatic carbocycles. The Hall–Kier alpha value is -1.36. The van der Waals surface area contributed by atoms with E-state index in [1.54, 1.807) is 18.2 Å². The second-order valence-electron chi connectivity index (χ2n) is 3.07. The standard InChI is InChI=1S/C10H10BrNO3/c1-6(13)12-9-3-2-7(4-8(9)11)5-10(14)15/h2-4H,5H2,1H3,(H,12,13)(H,14,15). The fourth-order valence-electron chi connectivity index (χ4n) is 1.13. The second-order valence-corrected chi connectivity index (χ2v) is 3.92. The van der Waals surface area contributed by atoms with Crippen LogP contribution >= 0.6 is 15.9 Å². The highest BCUT2D eigenvalue weighted by Crippen LogP contribution is 2.23. The molecule has 0 spiro atoms. The number of benzene rings is 1. The van der Waals surface area contributed by atoms with Crippen LogP contribution in [-0.2, 0) is 16.0 Å². The normalized spacial score (nSPS) is 9.73. The predicted molar refractivity (Wildman–Crippen MR) is 59.8 cm³/mol. The van der Waals surface area contributed by atoms with Crippen molar-refractivity contribution in [2.24, 2.45) is 0 Å². The molecule has 1 rings (SSSR count). The summed E-state index contributed by atoms with van der Waals surface area (Å²) in [6.07, 6.45) is -0.0288. The molecule has 0 radical (unpaired) electrons. The van der Waals surface area contributed by atoms with Gasteiger partial charge in [-0.1, -0.05) is 6.07 Å². The molecule has 1 aromatic rings. The Bertz CT molecular complexity index is 404. The molecule has 0 atom stereocenters. The summed E-state index contributed by atoms with van der Waals surface area (Å²) in [5.41, 5.74) is 1.32. The molecule has 80 valence electrons. The van der Waals surface area contributed by atoms with Gasteiger partial charge in [-0.25, -0.2) is 0 Å². The van der Waals surface area contributed by atoms with Gasteiger partial charge in [-0.15, -0.1) is 0 Å². The highest BCUT2D eigenvalue weighted by Gasteiger charge is 2.05. The van der Waals surface area contributed by atoms with Gasteiger partial charge in [0.1, 0.15) is 0 Å². The SMILES string of the molecule is CC(=O)Nc1ccc(CC(=O)O)cc1Br. The van der Waals surface area contributed by atoms with Gasteiger partial charge in [0.05, 0.1) is 12.1 Å². The van der Waals surface area contributed by atoms with Gasteiger partial charge in [-0.2, -0.15) is 0 Å². The molecule has 1 aromatic carbocycles. The van der Waals surface area contributed by atoms with Gasteiger partial charge >= 0.3 is 5.97 Å². The van der Waals surface area contributed by atoms with E-state index in [1.807, 2.05) is 0 Å². The van der Waals surface area contributed by atoms with Crippen LogP contribution < -0.4 is 5.32 Å². The number of aliphatic carboxylic acids is 1. The summed E-state index contributed by atoms with van der Waals surface area (Å²) < 4.78 is 0.677. The molecule has 5 heteroatoms. The van der Waals surface area contributed by atoms with Crippen molar-refractivity contribution in [3.8, 4) is 0 Å². The maximum absolute atomic E-state index is 10.8. The third kappa shape index (κ3) is 3.71. The summed E-state index contributed by atoms with van der Waals surface area (Å²) in [5.74, 6) is -1.05. The van der Waals surface area contributed by atoms with Crippen molar-refractivity contribution in [1.29, 1.82) is 0 Å². The van der Waals surface area contributed by atoms with E-state index in [0.717, 1.165) is 0 Å². The third-order valence-electron chi connectivity index (χ3n) is 1.70. The van der Waals surface area contributed by atoms with Crippen LogP contribution in [0, 0.1) is 0 Å². The first-order valence-electron chi connectivity index (χ1n) is 4.27. The number of amides is 1. The van der Waals surface area contributed by atoms with Crippen LogP contribution in [0.15, 0.2) is 22.7 Å². The molecule has 0 heterocycles. The number of carboxylic acids is 1. The number of rotatable bonds is 3. The quantitative estimate of drug-likeness (QED) is 0.884. The van der Waals surface area contributed by atoms with Crippen LogP contribution in [0.3, 0.4) is 0 Å². The Kier molecular flexibility index (Phi) is 3.85. The number of anilines is 1. The van der Waals surface area contributed by atoms with Crippen molar-refractivity contribution in [1.82, 2.24) is 0 Å². The summed E-state index contributed by atoms with van der Waals surface area (Å²) >= 11 is 3.26. The van der Waals surface area contributed by atoms with E-state index in [2.05, 4.69) is 21.2 Å². The summed E-state index contributed by atoms with van der Waals surface area (Å²) in [6, 6.07) is 5.02. The fourth-order valence-corrected chi connectivity index (χ4v) is 1.66. The van der Waals surface area contributed by atoms with Crippen molar-refractivity contribution >= 4 is 33.5 Å². The number of halogens is 1. The van der Waals surface area contributed by atoms with E-state index in [9.17, 15) is 9.59 Å². The Morgan fingerprint density at radius 3 is 2.60 bits per heavy atom. The van der Waals surface area contributed by atoms with Gasteiger partial charge in [0, 0.05) is 11.4 Å². The zero-order valence-electron chi connectivity index (χ0n) is 8.08. The number of carbonyl (C=O) groups excluding carboxylic acids is 1. The molecule has 4 nitrogen and oxygen atoms in total. The summed E-state index contributed by atoms with van der Waals surface area (Å²) in [4.78, 5) is 21.3. The molecule has 0 bridgehead atoms. The number of nitrogens with one attached hydrogen (secondary N) is 1. The van der Waals surface area contributed by atoms with Crippen LogP contribution in [0.4, 0.5) is 5.69 Å². The van der Waals surface area contributed by atoms with Gasteiger partial charge < -0.3 is 10.4 Å². The molecule has 0 fully saturated rings. The first-order chi connectivity index (χ1) is 6.99. The molecule has 0 saturated carbocycles. The van der Waals surface area contributed by atoms with Crippen LogP contribution in [-0.4, -0.2) is 17.0 Å². The van der Waals surface area contributed by atoms with Crippen molar-refractivity contribution in [2.75, 3.05) is 5.32 Å². The van der Waals surface area contributed by atoms with E-state index in [0.29, 0.717) is 15.7 Å². The molecule has 0 unspecified atom stereocenters. The molecule has 0 aromatic heterocycles. The van der Waals surface area contributed by atoms with Gasteiger partial charge in [-0.05, 0) is 33.6 Å². The van der Waals surface area contributed by atoms with Gasteiger partial charge in [0.25, 0.3) is 0 Å². The average Bonchev–Trinajstić information content (AvgIpc) is 2.08. The zero-order chi connectivity index (χ0) is 11.4. The zero-order valence-corrected chi connectivity index (χ0v) is 9.67. The van der Waals surface area contributed by atoms with Gasteiger partial charge in [0.2, 0.25) is 5.91 Å². The number of hydrogen-bond donors (Lipinski definition) is 2. The van der Waals surface area contributed by atoms with Crippen molar-refractivity contribution in [2.45, 2.75) is 13.3 Å². The minimum atomic E-state index is -0.880. The first kappa shape index (κ1) is 11.7. The van der Waals surface area contributed by atoms with Crippen LogP contribution in [0.2, 0.25) is 0 Å². The van der Waals surface area contributed by atoms with Crippen LogP contribution in [0.1, 0.15) is 12.5 Å². The minimum absolute atomic E-state index is 0.0288. The van der Waals surface area contributed by atoms with E-state index in [1.165, 1.54) is 6.92 Å². The lowest BCUT2D eigenvalue weighted by Gasteiger charge is -2.06. The molecular formula is C10H10BrNO3. The average molecular weight is 272 g/mol. The Labute approximate surface area is 95.4 Å². The lowest BCUT2D eigenvalue weighted by atomic mass is 10.1. The number of carboxylic acid groups (broad SMARTS) is 1. The van der Waals surface area contributed by atoms with E-state index in [-0.39, 0.29) is 12.3 Å². The summed E-state index contributed by atoms with van der Waals surface area (Å²) in [5, 5.41) is 11.2. The lowest BCUT2D eigenvalue weighted by Crippen LogP contribution is -2.07. The second kappa shape index (κ2) is 4.93. The van der Waals surface area contributed by atoms with Crippen molar-refractivity contribution in [3.05, 3.63) is 28.2 Å². The monoisotopic (exact) mass is 271 g/mol. The number of carbonyl (C=O) groups is 2. The largest absolute Gasteiger partial charge is 0.481 e. The Balaban J connectivity index is 2.87. The fraction of sp³-hybridized carbons (Fsp3) is 0.200. The molecule has 15 heavy (non-hydrogen) atoms. The highest BCUT2D eigenvalue weighted by molar-refractivity contribution is 9.10. The maximum Gasteiger partial charge on any atom is 0.307 e. The first-order valence-corrected chi connectivity index (χ1v) is 5.06. The predicted octanol–water partition coefficient (Wildman–Crippen LogP) is 2.03. The lowest BCUT2D eigenvalue weighted by molar-refractivity contribution is -0.136. The van der Waals surface area contributed by atoms with Crippen LogP contribution in [0.5, 0.6) is 0 Å². The molecule has 0 saturated heterocycles. The Morgan fingerprint density at radius 1 is 1.47 bits per heavy atom. The topological polar surface area (TPSA) is 66.4 Å².